The van der Waals surface area contributed by atoms with Crippen LogP contribution in [0.5, 0.6) is 0 Å². The summed E-state index contributed by atoms with van der Waals surface area (Å²) in [6.45, 7) is 13.5. The molecule has 0 amide bonds. The lowest BCUT2D eigenvalue weighted by molar-refractivity contribution is 0.564. The van der Waals surface area contributed by atoms with E-state index in [1.165, 1.54) is 33.5 Å². The molecular weight excluding hydrogens is 364 g/mol. The molecular formula is C28H36N2. The molecule has 2 aromatic carbocycles. The van der Waals surface area contributed by atoms with Crippen LogP contribution in [-0.4, -0.2) is 11.9 Å². The normalized spacial score (nSPS) is 19.9. The van der Waals surface area contributed by atoms with E-state index in [2.05, 4.69) is 112 Å². The monoisotopic (exact) mass is 400 g/mol. The standard InChI is InChI=1S/C28H36N2/c1-7-11-23-15-14-21(4)27-19-25(24-12-9-8-10-13-24)18-26(20(2)3)28(27)29-16-17-30(6)22(23)5/h8-13,16-21,29H,5,7,14-15H2,1-4,6H3/b17-16-,23-11+. The molecule has 2 nitrogen and oxygen atoms in total. The third kappa shape index (κ3) is 4.87. The number of allylic oxidation sites excluding steroid dienone is 2. The van der Waals surface area contributed by atoms with Crippen molar-refractivity contribution in [2.24, 2.45) is 0 Å². The van der Waals surface area contributed by atoms with Gasteiger partial charge in [-0.2, -0.15) is 0 Å². The van der Waals surface area contributed by atoms with Crippen molar-refractivity contribution in [1.82, 2.24) is 4.90 Å². The molecule has 1 N–H and O–H groups in total. The minimum absolute atomic E-state index is 0.434. The highest BCUT2D eigenvalue weighted by Gasteiger charge is 2.20. The zero-order valence-electron chi connectivity index (χ0n) is 19.2. The molecule has 3 rings (SSSR count). The number of anilines is 1. The third-order valence-electron chi connectivity index (χ3n) is 6.08. The van der Waals surface area contributed by atoms with Crippen LogP contribution in [0.4, 0.5) is 5.69 Å². The van der Waals surface area contributed by atoms with Crippen LogP contribution in [0.3, 0.4) is 0 Å². The molecule has 1 aliphatic rings. The highest BCUT2D eigenvalue weighted by atomic mass is 15.1. The molecule has 0 saturated heterocycles. The Morgan fingerprint density at radius 2 is 1.90 bits per heavy atom. The van der Waals surface area contributed by atoms with E-state index in [4.69, 9.17) is 0 Å². The lowest BCUT2D eigenvalue weighted by Crippen LogP contribution is -2.12. The predicted octanol–water partition coefficient (Wildman–Crippen LogP) is 8.04. The van der Waals surface area contributed by atoms with Crippen molar-refractivity contribution in [1.29, 1.82) is 0 Å². The summed E-state index contributed by atoms with van der Waals surface area (Å²) in [5.74, 6) is 0.877. The van der Waals surface area contributed by atoms with Gasteiger partial charge in [0.1, 0.15) is 0 Å². The minimum Gasteiger partial charge on any atom is -0.360 e. The first-order valence-electron chi connectivity index (χ1n) is 11.2. The largest absolute Gasteiger partial charge is 0.360 e. The topological polar surface area (TPSA) is 15.3 Å². The van der Waals surface area contributed by atoms with E-state index in [0.717, 1.165) is 25.0 Å². The van der Waals surface area contributed by atoms with Crippen molar-refractivity contribution >= 4 is 5.69 Å². The summed E-state index contributed by atoms with van der Waals surface area (Å²) in [4.78, 5) is 2.12. The van der Waals surface area contributed by atoms with Gasteiger partial charge in [0.05, 0.1) is 0 Å². The molecule has 1 unspecified atom stereocenters. The molecule has 0 spiro atoms. The average molecular weight is 401 g/mol. The van der Waals surface area contributed by atoms with Crippen LogP contribution < -0.4 is 5.32 Å². The number of fused-ring (bicyclic) bond motifs is 1. The van der Waals surface area contributed by atoms with Crippen LogP contribution in [0, 0.1) is 0 Å². The Morgan fingerprint density at radius 1 is 1.17 bits per heavy atom. The molecule has 1 heterocycles. The highest BCUT2D eigenvalue weighted by Crippen LogP contribution is 2.39. The number of hydrogen-bond acceptors (Lipinski definition) is 2. The van der Waals surface area contributed by atoms with Gasteiger partial charge in [-0.3, -0.25) is 0 Å². The van der Waals surface area contributed by atoms with E-state index < -0.39 is 0 Å². The fraction of sp³-hybridized carbons (Fsp3) is 0.357. The molecule has 0 bridgehead atoms. The molecule has 0 radical (unpaired) electrons. The number of likely N-dealkylation sites (N-methyl/N-ethyl adjacent to an activating group) is 1. The summed E-state index contributed by atoms with van der Waals surface area (Å²) in [6, 6.07) is 15.5. The van der Waals surface area contributed by atoms with Crippen LogP contribution in [-0.2, 0) is 0 Å². The van der Waals surface area contributed by atoms with Gasteiger partial charge in [0.25, 0.3) is 0 Å². The molecule has 0 saturated carbocycles. The number of rotatable bonds is 3. The Kier molecular flexibility index (Phi) is 7.20. The molecule has 30 heavy (non-hydrogen) atoms. The number of nitrogens with one attached hydrogen (secondary N) is 1. The first-order chi connectivity index (χ1) is 14.4. The Bertz CT molecular complexity index is 935. The fourth-order valence-electron chi connectivity index (χ4n) is 4.18. The molecule has 2 aromatic rings. The van der Waals surface area contributed by atoms with E-state index in [1.807, 2.05) is 0 Å². The summed E-state index contributed by atoms with van der Waals surface area (Å²) in [6.07, 6.45) is 9.64. The van der Waals surface area contributed by atoms with Gasteiger partial charge >= 0.3 is 0 Å². The summed E-state index contributed by atoms with van der Waals surface area (Å²) in [7, 11) is 2.08. The van der Waals surface area contributed by atoms with E-state index in [9.17, 15) is 0 Å². The molecule has 158 valence electrons. The van der Waals surface area contributed by atoms with Gasteiger partial charge in [0, 0.05) is 30.8 Å². The second kappa shape index (κ2) is 9.84. The van der Waals surface area contributed by atoms with E-state index in [0.29, 0.717) is 11.8 Å². The van der Waals surface area contributed by atoms with Crippen molar-refractivity contribution < 1.29 is 0 Å². The second-order valence-electron chi connectivity index (χ2n) is 8.65. The number of hydrogen-bond donors (Lipinski definition) is 1. The van der Waals surface area contributed by atoms with Crippen LogP contribution in [0.15, 0.2) is 78.8 Å². The lowest BCUT2D eigenvalue weighted by atomic mass is 9.85. The Hall–Kier alpha value is -2.74. The number of nitrogens with zero attached hydrogens (tertiary/aromatic N) is 1. The molecule has 1 atom stereocenters. The predicted molar refractivity (Wildman–Crippen MR) is 132 cm³/mol. The molecule has 0 aliphatic carbocycles. The number of benzene rings is 2. The van der Waals surface area contributed by atoms with Gasteiger partial charge in [-0.1, -0.05) is 70.7 Å². The maximum atomic E-state index is 4.35. The van der Waals surface area contributed by atoms with Crippen LogP contribution >= 0.6 is 0 Å². The Labute approximate surface area is 183 Å². The van der Waals surface area contributed by atoms with Crippen molar-refractivity contribution in [2.75, 3.05) is 12.4 Å². The first-order valence-corrected chi connectivity index (χ1v) is 11.2. The fourth-order valence-corrected chi connectivity index (χ4v) is 4.18. The van der Waals surface area contributed by atoms with E-state index in [1.54, 1.807) is 0 Å². The van der Waals surface area contributed by atoms with Crippen molar-refractivity contribution in [3.63, 3.8) is 0 Å². The van der Waals surface area contributed by atoms with Crippen molar-refractivity contribution in [2.45, 2.75) is 58.8 Å². The smallest absolute Gasteiger partial charge is 0.0451 e. The van der Waals surface area contributed by atoms with Crippen LogP contribution in [0.25, 0.3) is 11.1 Å². The highest BCUT2D eigenvalue weighted by molar-refractivity contribution is 5.73. The summed E-state index contributed by atoms with van der Waals surface area (Å²) < 4.78 is 0. The first kappa shape index (κ1) is 22.0. The summed E-state index contributed by atoms with van der Waals surface area (Å²) >= 11 is 0. The Balaban J connectivity index is 2.13. The molecule has 0 fully saturated rings. The lowest BCUT2D eigenvalue weighted by Gasteiger charge is -2.23. The van der Waals surface area contributed by atoms with Gasteiger partial charge in [-0.15, -0.1) is 0 Å². The quantitative estimate of drug-likeness (QED) is 0.561. The van der Waals surface area contributed by atoms with Gasteiger partial charge in [-0.25, -0.2) is 0 Å². The summed E-state index contributed by atoms with van der Waals surface area (Å²) in [5, 5.41) is 3.63. The van der Waals surface area contributed by atoms with Gasteiger partial charge < -0.3 is 10.2 Å². The van der Waals surface area contributed by atoms with Gasteiger partial charge in [-0.05, 0) is 71.1 Å². The molecule has 0 aromatic heterocycles. The zero-order valence-corrected chi connectivity index (χ0v) is 19.2. The maximum Gasteiger partial charge on any atom is 0.0451 e. The SMILES string of the molecule is C=C1/C(=C/CC)CCC(C)c2cc(-c3ccccc3)cc(C(C)C)c2N/C=C\N1C. The average Bonchev–Trinajstić information content (AvgIpc) is 2.77. The van der Waals surface area contributed by atoms with Gasteiger partial charge in [0.15, 0.2) is 0 Å². The van der Waals surface area contributed by atoms with E-state index in [-0.39, 0.29) is 0 Å². The molecule has 1 aliphatic heterocycles. The minimum atomic E-state index is 0.434. The summed E-state index contributed by atoms with van der Waals surface area (Å²) in [5.41, 5.74) is 9.04. The van der Waals surface area contributed by atoms with Gasteiger partial charge in [0.2, 0.25) is 0 Å². The Morgan fingerprint density at radius 3 is 2.57 bits per heavy atom. The second-order valence-corrected chi connectivity index (χ2v) is 8.65. The van der Waals surface area contributed by atoms with E-state index >= 15 is 0 Å². The van der Waals surface area contributed by atoms with Crippen molar-refractivity contribution in [3.05, 3.63) is 89.9 Å². The maximum absolute atomic E-state index is 4.35. The molecule has 2 heteroatoms. The van der Waals surface area contributed by atoms with Crippen LogP contribution in [0.2, 0.25) is 0 Å². The third-order valence-corrected chi connectivity index (χ3v) is 6.08. The van der Waals surface area contributed by atoms with Crippen LogP contribution in [0.1, 0.15) is 69.9 Å². The van der Waals surface area contributed by atoms with Crippen molar-refractivity contribution in [3.8, 4) is 11.1 Å². The zero-order chi connectivity index (χ0) is 21.7.